The van der Waals surface area contributed by atoms with E-state index >= 15 is 0 Å². The second-order valence-corrected chi connectivity index (χ2v) is 2.22. The molecule has 0 rings (SSSR count). The SMILES string of the molecule is N=C(S)C(N)C(N)=S. The van der Waals surface area contributed by atoms with Gasteiger partial charge in [-0.1, -0.05) is 12.2 Å². The van der Waals surface area contributed by atoms with Crippen LogP contribution in [-0.2, 0) is 0 Å². The third-order valence-electron chi connectivity index (χ3n) is 0.601. The van der Waals surface area contributed by atoms with Crippen molar-refractivity contribution in [2.75, 3.05) is 0 Å². The molecule has 3 nitrogen and oxygen atoms in total. The molecule has 0 fully saturated rings. The van der Waals surface area contributed by atoms with E-state index in [4.69, 9.17) is 16.9 Å². The van der Waals surface area contributed by atoms with Crippen LogP contribution in [0.1, 0.15) is 0 Å². The molecule has 5 heteroatoms. The van der Waals surface area contributed by atoms with Gasteiger partial charge >= 0.3 is 0 Å². The summed E-state index contributed by atoms with van der Waals surface area (Å²) in [6.07, 6.45) is 0. The Bertz CT molecular complexity index is 108. The van der Waals surface area contributed by atoms with Gasteiger partial charge in [-0.3, -0.25) is 5.41 Å². The Morgan fingerprint density at radius 1 is 1.75 bits per heavy atom. The molecule has 0 aromatic carbocycles. The average Bonchev–Trinajstić information content (AvgIpc) is 1.64. The minimum Gasteiger partial charge on any atom is -0.392 e. The highest BCUT2D eigenvalue weighted by molar-refractivity contribution is 7.97. The van der Waals surface area contributed by atoms with E-state index in [-0.39, 0.29) is 10.0 Å². The smallest absolute Gasteiger partial charge is 0.103 e. The van der Waals surface area contributed by atoms with E-state index in [1.165, 1.54) is 0 Å². The second kappa shape index (κ2) is 3.01. The maximum absolute atomic E-state index is 6.80. The predicted molar refractivity (Wildman–Crippen MR) is 41.5 cm³/mol. The first-order chi connectivity index (χ1) is 3.55. The van der Waals surface area contributed by atoms with Crippen LogP contribution in [0.5, 0.6) is 0 Å². The van der Waals surface area contributed by atoms with Crippen LogP contribution in [-0.4, -0.2) is 16.1 Å². The zero-order chi connectivity index (χ0) is 6.73. The third kappa shape index (κ3) is 2.25. The van der Waals surface area contributed by atoms with Crippen LogP contribution in [0.25, 0.3) is 0 Å². The van der Waals surface area contributed by atoms with Gasteiger partial charge in [0.2, 0.25) is 0 Å². The van der Waals surface area contributed by atoms with Crippen LogP contribution < -0.4 is 11.5 Å². The molecule has 0 saturated heterocycles. The minimum atomic E-state index is -0.673. The van der Waals surface area contributed by atoms with Crippen molar-refractivity contribution in [2.45, 2.75) is 6.04 Å². The Balaban J connectivity index is 3.83. The molecular weight excluding hydrogens is 142 g/mol. The molecule has 0 aliphatic carbocycles. The molecule has 1 atom stereocenters. The van der Waals surface area contributed by atoms with Crippen LogP contribution in [0, 0.1) is 5.41 Å². The van der Waals surface area contributed by atoms with E-state index in [0.717, 1.165) is 0 Å². The molecule has 0 bridgehead atoms. The fourth-order valence-electron chi connectivity index (χ4n) is 0.135. The van der Waals surface area contributed by atoms with Crippen molar-refractivity contribution in [3.8, 4) is 0 Å². The van der Waals surface area contributed by atoms with E-state index in [9.17, 15) is 0 Å². The summed E-state index contributed by atoms with van der Waals surface area (Å²) in [4.78, 5) is 0.102. The maximum atomic E-state index is 6.80. The van der Waals surface area contributed by atoms with Gasteiger partial charge in [-0.15, -0.1) is 12.6 Å². The standard InChI is InChI=1S/C3H7N3S2/c4-1(2(5)7)3(6)8/h1H,4H2,(H2,5,7)(H2,6,8). The average molecular weight is 149 g/mol. The van der Waals surface area contributed by atoms with Crippen molar-refractivity contribution in [3.63, 3.8) is 0 Å². The molecule has 8 heavy (non-hydrogen) atoms. The number of thiocarbonyl (C=S) groups is 1. The molecule has 1 unspecified atom stereocenters. The van der Waals surface area contributed by atoms with Gasteiger partial charge < -0.3 is 11.5 Å². The number of hydrogen-bond donors (Lipinski definition) is 4. The molecule has 5 N–H and O–H groups in total. The minimum absolute atomic E-state index is 0.00231. The number of hydrogen-bond acceptors (Lipinski definition) is 3. The van der Waals surface area contributed by atoms with E-state index in [1.807, 2.05) is 0 Å². The number of nitrogens with one attached hydrogen (secondary N) is 1. The molecule has 46 valence electrons. The summed E-state index contributed by atoms with van der Waals surface area (Å²) in [5.74, 6) is 0. The van der Waals surface area contributed by atoms with Gasteiger partial charge in [-0.2, -0.15) is 0 Å². The van der Waals surface area contributed by atoms with Crippen molar-refractivity contribution < 1.29 is 0 Å². The highest BCUT2D eigenvalue weighted by Gasteiger charge is 2.06. The van der Waals surface area contributed by atoms with Gasteiger partial charge in [0, 0.05) is 0 Å². The third-order valence-corrected chi connectivity index (χ3v) is 1.13. The quantitative estimate of drug-likeness (QED) is 0.185. The molecule has 0 heterocycles. The lowest BCUT2D eigenvalue weighted by molar-refractivity contribution is 1.15. The summed E-state index contributed by atoms with van der Waals surface area (Å²) in [7, 11) is 0. The van der Waals surface area contributed by atoms with Gasteiger partial charge in [0.05, 0.1) is 10.0 Å². The van der Waals surface area contributed by atoms with Crippen LogP contribution in [0.3, 0.4) is 0 Å². The molecule has 0 aromatic rings. The van der Waals surface area contributed by atoms with Gasteiger partial charge in [0.1, 0.15) is 6.04 Å². The van der Waals surface area contributed by atoms with E-state index in [0.29, 0.717) is 0 Å². The van der Waals surface area contributed by atoms with Crippen molar-refractivity contribution in [1.82, 2.24) is 0 Å². The fourth-order valence-corrected chi connectivity index (χ4v) is 0.479. The van der Waals surface area contributed by atoms with E-state index in [2.05, 4.69) is 24.8 Å². The normalized spacial score (nSPS) is 12.8. The Labute approximate surface area is 58.3 Å². The summed E-state index contributed by atoms with van der Waals surface area (Å²) in [5.41, 5.74) is 10.2. The van der Waals surface area contributed by atoms with Crippen molar-refractivity contribution >= 4 is 34.9 Å². The largest absolute Gasteiger partial charge is 0.392 e. The molecule has 0 spiro atoms. The number of nitrogens with two attached hydrogens (primary N) is 2. The molecule has 0 aliphatic heterocycles. The number of rotatable bonds is 2. The summed E-state index contributed by atoms with van der Waals surface area (Å²) in [5, 5.41) is 6.80. The lowest BCUT2D eigenvalue weighted by Crippen LogP contribution is -2.39. The fraction of sp³-hybridized carbons (Fsp3) is 0.333. The van der Waals surface area contributed by atoms with Gasteiger partial charge in [-0.05, 0) is 0 Å². The summed E-state index contributed by atoms with van der Waals surface area (Å²) in [6, 6.07) is -0.673. The van der Waals surface area contributed by atoms with Crippen LogP contribution >= 0.6 is 24.8 Å². The van der Waals surface area contributed by atoms with Crippen molar-refractivity contribution in [2.24, 2.45) is 11.5 Å². The first-order valence-electron chi connectivity index (χ1n) is 1.88. The van der Waals surface area contributed by atoms with E-state index in [1.54, 1.807) is 0 Å². The second-order valence-electron chi connectivity index (χ2n) is 1.27. The van der Waals surface area contributed by atoms with Crippen molar-refractivity contribution in [1.29, 1.82) is 5.41 Å². The van der Waals surface area contributed by atoms with Gasteiger partial charge in [0.25, 0.3) is 0 Å². The Morgan fingerprint density at radius 2 is 2.12 bits per heavy atom. The highest BCUT2D eigenvalue weighted by Crippen LogP contribution is 1.86. The molecule has 0 amide bonds. The zero-order valence-electron chi connectivity index (χ0n) is 4.09. The zero-order valence-corrected chi connectivity index (χ0v) is 5.80. The molecule has 0 saturated carbocycles. The van der Waals surface area contributed by atoms with E-state index < -0.39 is 6.04 Å². The summed E-state index contributed by atoms with van der Waals surface area (Å²) in [6.45, 7) is 0. The molecule has 0 aromatic heterocycles. The Hall–Kier alpha value is -0.130. The summed E-state index contributed by atoms with van der Waals surface area (Å²) >= 11 is 8.08. The van der Waals surface area contributed by atoms with Crippen LogP contribution in [0.15, 0.2) is 0 Å². The lowest BCUT2D eigenvalue weighted by Gasteiger charge is -2.03. The molecular formula is C3H7N3S2. The van der Waals surface area contributed by atoms with Crippen LogP contribution in [0.4, 0.5) is 0 Å². The Kier molecular flexibility index (Phi) is 2.96. The first kappa shape index (κ1) is 7.87. The van der Waals surface area contributed by atoms with Crippen LogP contribution in [0.2, 0.25) is 0 Å². The van der Waals surface area contributed by atoms with Crippen molar-refractivity contribution in [3.05, 3.63) is 0 Å². The van der Waals surface area contributed by atoms with Gasteiger partial charge in [0.15, 0.2) is 0 Å². The first-order valence-corrected chi connectivity index (χ1v) is 2.73. The predicted octanol–water partition coefficient (Wildman–Crippen LogP) is -0.493. The monoisotopic (exact) mass is 149 g/mol. The highest BCUT2D eigenvalue weighted by atomic mass is 32.1. The topological polar surface area (TPSA) is 75.9 Å². The molecule has 0 aliphatic rings. The number of thiol groups is 1. The van der Waals surface area contributed by atoms with Gasteiger partial charge in [-0.25, -0.2) is 0 Å². The summed E-state index contributed by atoms with van der Waals surface area (Å²) < 4.78 is 0. The maximum Gasteiger partial charge on any atom is 0.103 e. The Morgan fingerprint density at radius 3 is 2.12 bits per heavy atom. The molecule has 0 radical (unpaired) electrons. The lowest BCUT2D eigenvalue weighted by atomic mass is 10.3.